The number of benzene rings is 1. The Bertz CT molecular complexity index is 637. The van der Waals surface area contributed by atoms with Crippen molar-refractivity contribution in [1.82, 2.24) is 5.32 Å². The number of carbonyl (C=O) groups excluding carboxylic acids is 1. The van der Waals surface area contributed by atoms with Crippen LogP contribution in [-0.4, -0.2) is 18.1 Å². The molecule has 0 aromatic heterocycles. The normalized spacial score (nSPS) is 11.4. The van der Waals surface area contributed by atoms with Crippen LogP contribution in [0, 0.1) is 0 Å². The first-order chi connectivity index (χ1) is 14.7. The van der Waals surface area contributed by atoms with Crippen LogP contribution in [0.5, 0.6) is 11.5 Å². The van der Waals surface area contributed by atoms with Gasteiger partial charge in [0.1, 0.15) is 0 Å². The summed E-state index contributed by atoms with van der Waals surface area (Å²) in [5.41, 5.74) is 0.915. The number of ether oxygens (including phenoxy) is 1. The highest BCUT2D eigenvalue weighted by atomic mass is 16.5. The minimum atomic E-state index is 0.0766. The van der Waals surface area contributed by atoms with Crippen LogP contribution in [0.4, 0.5) is 0 Å². The fourth-order valence-corrected chi connectivity index (χ4v) is 3.22. The molecular weight excluding hydrogens is 374 g/mol. The monoisotopic (exact) mass is 415 g/mol. The summed E-state index contributed by atoms with van der Waals surface area (Å²) in [6.45, 7) is 2.69. The van der Waals surface area contributed by atoms with E-state index in [1.807, 2.05) is 0 Å². The first-order valence-electron chi connectivity index (χ1n) is 11.6. The molecule has 1 aromatic rings. The average Bonchev–Trinajstić information content (AvgIpc) is 2.75. The summed E-state index contributed by atoms with van der Waals surface area (Å²) in [5, 5.41) is 12.5. The van der Waals surface area contributed by atoms with Crippen LogP contribution in [0.1, 0.15) is 89.5 Å². The Kier molecular flexibility index (Phi) is 15.2. The lowest BCUT2D eigenvalue weighted by atomic mass is 10.1. The summed E-state index contributed by atoms with van der Waals surface area (Å²) in [7, 11) is 1.52. The van der Waals surface area contributed by atoms with E-state index in [1.54, 1.807) is 18.2 Å². The smallest absolute Gasteiger partial charge is 0.220 e. The van der Waals surface area contributed by atoms with Gasteiger partial charge in [-0.1, -0.05) is 69.4 Å². The molecular formula is C26H41NO3. The van der Waals surface area contributed by atoms with E-state index < -0.39 is 0 Å². The minimum Gasteiger partial charge on any atom is -0.504 e. The van der Waals surface area contributed by atoms with E-state index in [-0.39, 0.29) is 11.7 Å². The van der Waals surface area contributed by atoms with Crippen LogP contribution in [0.3, 0.4) is 0 Å². The van der Waals surface area contributed by atoms with Gasteiger partial charge in [0.15, 0.2) is 11.5 Å². The largest absolute Gasteiger partial charge is 0.504 e. The zero-order chi connectivity index (χ0) is 21.9. The van der Waals surface area contributed by atoms with Crippen molar-refractivity contribution >= 4 is 5.91 Å². The van der Waals surface area contributed by atoms with Crippen LogP contribution >= 0.6 is 0 Å². The van der Waals surface area contributed by atoms with Gasteiger partial charge in [0.05, 0.1) is 7.11 Å². The number of amides is 1. The highest BCUT2D eigenvalue weighted by Crippen LogP contribution is 2.26. The molecule has 1 aromatic carbocycles. The van der Waals surface area contributed by atoms with Gasteiger partial charge in [-0.3, -0.25) is 4.79 Å². The summed E-state index contributed by atoms with van der Waals surface area (Å²) in [5.74, 6) is 0.612. The Morgan fingerprint density at radius 2 is 1.63 bits per heavy atom. The zero-order valence-electron chi connectivity index (χ0n) is 19.0. The summed E-state index contributed by atoms with van der Waals surface area (Å²) < 4.78 is 5.08. The van der Waals surface area contributed by atoms with E-state index in [1.165, 1.54) is 52.1 Å². The molecule has 30 heavy (non-hydrogen) atoms. The number of nitrogens with one attached hydrogen (secondary N) is 1. The van der Waals surface area contributed by atoms with Crippen molar-refractivity contribution in [3.05, 3.63) is 48.1 Å². The molecule has 0 aliphatic heterocycles. The maximum Gasteiger partial charge on any atom is 0.220 e. The summed E-state index contributed by atoms with van der Waals surface area (Å²) >= 11 is 0. The van der Waals surface area contributed by atoms with Gasteiger partial charge in [0.25, 0.3) is 0 Å². The second-order valence-corrected chi connectivity index (χ2v) is 7.76. The SMILES string of the molecule is CCCCC/C=C/C/C=C\CCCCCCCC(=O)NCc1ccc(O)c(OC)c1. The molecule has 0 heterocycles. The highest BCUT2D eigenvalue weighted by Gasteiger charge is 2.05. The van der Waals surface area contributed by atoms with E-state index >= 15 is 0 Å². The number of phenols is 1. The van der Waals surface area contributed by atoms with Crippen molar-refractivity contribution in [3.8, 4) is 11.5 Å². The van der Waals surface area contributed by atoms with Crippen LogP contribution < -0.4 is 10.1 Å². The van der Waals surface area contributed by atoms with Gasteiger partial charge in [0, 0.05) is 13.0 Å². The standard InChI is InChI=1S/C26H41NO3/c1-3-4-5-6-7-8-9-10-11-12-13-14-15-16-17-18-26(29)27-22-23-19-20-24(28)25(21-23)30-2/h7-8,10-11,19-21,28H,3-6,9,12-18,22H2,1-2H3,(H,27,29)/b8-7+,11-10-. The van der Waals surface area contributed by atoms with E-state index in [9.17, 15) is 9.90 Å². The third-order valence-electron chi connectivity index (χ3n) is 5.09. The van der Waals surface area contributed by atoms with E-state index in [0.29, 0.717) is 18.7 Å². The molecule has 0 radical (unpaired) electrons. The Morgan fingerprint density at radius 3 is 2.33 bits per heavy atom. The lowest BCUT2D eigenvalue weighted by molar-refractivity contribution is -0.121. The second-order valence-electron chi connectivity index (χ2n) is 7.76. The quantitative estimate of drug-likeness (QED) is 0.216. The maximum absolute atomic E-state index is 12.0. The Morgan fingerprint density at radius 1 is 0.967 bits per heavy atom. The van der Waals surface area contributed by atoms with Gasteiger partial charge >= 0.3 is 0 Å². The van der Waals surface area contributed by atoms with Crippen LogP contribution in [0.15, 0.2) is 42.5 Å². The number of rotatable bonds is 17. The topological polar surface area (TPSA) is 58.6 Å². The molecule has 0 fully saturated rings. The lowest BCUT2D eigenvalue weighted by Crippen LogP contribution is -2.22. The third-order valence-corrected chi connectivity index (χ3v) is 5.09. The van der Waals surface area contributed by atoms with Gasteiger partial charge in [-0.05, 0) is 56.2 Å². The Labute approximate surface area is 183 Å². The molecule has 4 heteroatoms. The number of hydrogen-bond donors (Lipinski definition) is 2. The molecule has 2 N–H and O–H groups in total. The first-order valence-corrected chi connectivity index (χ1v) is 11.6. The Balaban J connectivity index is 1.96. The number of hydrogen-bond acceptors (Lipinski definition) is 3. The molecule has 0 saturated heterocycles. The predicted octanol–water partition coefficient (Wildman–Crippen LogP) is 6.83. The van der Waals surface area contributed by atoms with E-state index in [4.69, 9.17) is 4.74 Å². The van der Waals surface area contributed by atoms with Crippen LogP contribution in [-0.2, 0) is 11.3 Å². The molecule has 0 saturated carbocycles. The summed E-state index contributed by atoms with van der Waals surface area (Å²) in [4.78, 5) is 12.0. The van der Waals surface area contributed by atoms with Gasteiger partial charge in [0.2, 0.25) is 5.91 Å². The second kappa shape index (κ2) is 17.6. The molecule has 0 spiro atoms. The van der Waals surface area contributed by atoms with Crippen molar-refractivity contribution < 1.29 is 14.6 Å². The number of carbonyl (C=O) groups is 1. The fourth-order valence-electron chi connectivity index (χ4n) is 3.22. The van der Waals surface area contributed by atoms with E-state index in [2.05, 4.69) is 36.5 Å². The van der Waals surface area contributed by atoms with Gasteiger partial charge < -0.3 is 15.2 Å². The molecule has 1 rings (SSSR count). The van der Waals surface area contributed by atoms with Crippen LogP contribution in [0.25, 0.3) is 0 Å². The molecule has 0 aliphatic rings. The first kappa shape index (κ1) is 25.8. The molecule has 0 atom stereocenters. The zero-order valence-corrected chi connectivity index (χ0v) is 19.0. The van der Waals surface area contributed by atoms with E-state index in [0.717, 1.165) is 31.2 Å². The Hall–Kier alpha value is -2.23. The molecule has 1 amide bonds. The number of methoxy groups -OCH3 is 1. The number of unbranched alkanes of at least 4 members (excludes halogenated alkanes) is 8. The highest BCUT2D eigenvalue weighted by molar-refractivity contribution is 5.75. The van der Waals surface area contributed by atoms with Gasteiger partial charge in [-0.25, -0.2) is 0 Å². The number of aromatic hydroxyl groups is 1. The summed E-state index contributed by atoms with van der Waals surface area (Å²) in [6.07, 6.45) is 22.7. The number of phenolic OH excluding ortho intramolecular Hbond substituents is 1. The van der Waals surface area contributed by atoms with Crippen molar-refractivity contribution in [2.75, 3.05) is 7.11 Å². The molecule has 0 unspecified atom stereocenters. The molecule has 4 nitrogen and oxygen atoms in total. The predicted molar refractivity (Wildman–Crippen MR) is 126 cm³/mol. The molecule has 0 aliphatic carbocycles. The maximum atomic E-state index is 12.0. The van der Waals surface area contributed by atoms with Gasteiger partial charge in [-0.2, -0.15) is 0 Å². The van der Waals surface area contributed by atoms with Crippen molar-refractivity contribution in [2.45, 2.75) is 90.5 Å². The lowest BCUT2D eigenvalue weighted by Gasteiger charge is -2.08. The van der Waals surface area contributed by atoms with Crippen LogP contribution in [0.2, 0.25) is 0 Å². The fraction of sp³-hybridized carbons (Fsp3) is 0.577. The number of allylic oxidation sites excluding steroid dienone is 4. The third kappa shape index (κ3) is 13.1. The van der Waals surface area contributed by atoms with Gasteiger partial charge in [-0.15, -0.1) is 0 Å². The van der Waals surface area contributed by atoms with Crippen molar-refractivity contribution in [1.29, 1.82) is 0 Å². The molecule has 168 valence electrons. The summed E-state index contributed by atoms with van der Waals surface area (Å²) in [6, 6.07) is 5.12. The average molecular weight is 416 g/mol. The minimum absolute atomic E-state index is 0.0766. The molecule has 0 bridgehead atoms. The van der Waals surface area contributed by atoms with Crippen molar-refractivity contribution in [3.63, 3.8) is 0 Å². The van der Waals surface area contributed by atoms with Crippen molar-refractivity contribution in [2.24, 2.45) is 0 Å².